The van der Waals surface area contributed by atoms with Crippen molar-refractivity contribution in [2.45, 2.75) is 81.4 Å². The first kappa shape index (κ1) is 27.8. The van der Waals surface area contributed by atoms with Crippen LogP contribution in [0.25, 0.3) is 0 Å². The number of likely N-dealkylation sites (tertiary alicyclic amines) is 1. The standard InChI is InChI=1S/C27H43N3O4S/c1-6-10-11-17-29(16-9-4)26(34)23-27-13-12-20(35-27)21(24(32)28(14-7-2)15-8-3)22(27)25(33)30(23)19(5)18-31/h7,9,19-23,31H,2,4,6,8,10-18H2,1,3,5H3/t19-,20+,21-,22+,23?,27?/m1/s1. The van der Waals surface area contributed by atoms with Crippen LogP contribution in [-0.2, 0) is 14.4 Å². The molecule has 35 heavy (non-hydrogen) atoms. The van der Waals surface area contributed by atoms with Gasteiger partial charge in [0.2, 0.25) is 17.7 Å². The maximum absolute atomic E-state index is 14.1. The Kier molecular flexibility index (Phi) is 9.49. The summed E-state index contributed by atoms with van der Waals surface area (Å²) in [5, 5.41) is 10.1. The van der Waals surface area contributed by atoms with Gasteiger partial charge in [0.1, 0.15) is 6.04 Å². The molecule has 3 fully saturated rings. The number of nitrogens with zero attached hydrogens (tertiary/aromatic N) is 3. The molecule has 3 heterocycles. The van der Waals surface area contributed by atoms with Crippen LogP contribution in [0.2, 0.25) is 0 Å². The van der Waals surface area contributed by atoms with Gasteiger partial charge in [0.15, 0.2) is 0 Å². The molecule has 3 saturated heterocycles. The number of fused-ring (bicyclic) bond motifs is 1. The van der Waals surface area contributed by atoms with Crippen LogP contribution in [0.1, 0.15) is 59.3 Å². The quantitative estimate of drug-likeness (QED) is 0.290. The number of hydrogen-bond acceptors (Lipinski definition) is 5. The third-order valence-corrected chi connectivity index (χ3v) is 9.80. The van der Waals surface area contributed by atoms with Gasteiger partial charge in [0, 0.05) is 31.4 Å². The molecule has 3 aliphatic rings. The lowest BCUT2D eigenvalue weighted by atomic mass is 9.70. The lowest BCUT2D eigenvalue weighted by Crippen LogP contribution is -2.57. The van der Waals surface area contributed by atoms with Crippen molar-refractivity contribution < 1.29 is 19.5 Å². The SMILES string of the molecule is C=CCN(CCCCC)C(=O)C1N([C@H](C)CO)C(=O)[C@@H]2[C@H](C(=O)N(CC=C)CCC)[C@@H]3CCC12S3. The minimum atomic E-state index is -0.671. The summed E-state index contributed by atoms with van der Waals surface area (Å²) in [5.41, 5.74) is 0. The van der Waals surface area contributed by atoms with Gasteiger partial charge in [-0.3, -0.25) is 14.4 Å². The largest absolute Gasteiger partial charge is 0.394 e. The molecule has 7 nitrogen and oxygen atoms in total. The van der Waals surface area contributed by atoms with Gasteiger partial charge in [-0.1, -0.05) is 38.8 Å². The molecule has 0 radical (unpaired) electrons. The lowest BCUT2D eigenvalue weighted by Gasteiger charge is -2.39. The monoisotopic (exact) mass is 505 g/mol. The van der Waals surface area contributed by atoms with E-state index in [1.807, 2.05) is 16.7 Å². The molecular weight excluding hydrogens is 462 g/mol. The minimum absolute atomic E-state index is 0.000214. The van der Waals surface area contributed by atoms with E-state index >= 15 is 0 Å². The predicted molar refractivity (Wildman–Crippen MR) is 141 cm³/mol. The van der Waals surface area contributed by atoms with E-state index < -0.39 is 28.7 Å². The van der Waals surface area contributed by atoms with Crippen molar-refractivity contribution in [3.05, 3.63) is 25.3 Å². The van der Waals surface area contributed by atoms with Crippen LogP contribution in [0.4, 0.5) is 0 Å². The van der Waals surface area contributed by atoms with Gasteiger partial charge >= 0.3 is 0 Å². The molecule has 2 unspecified atom stereocenters. The molecule has 8 heteroatoms. The molecule has 0 aromatic carbocycles. The summed E-state index contributed by atoms with van der Waals surface area (Å²) in [5.74, 6) is -1.20. The topological polar surface area (TPSA) is 81.2 Å². The van der Waals surface area contributed by atoms with E-state index in [1.54, 1.807) is 35.7 Å². The number of thioether (sulfide) groups is 1. The van der Waals surface area contributed by atoms with Crippen molar-refractivity contribution in [3.63, 3.8) is 0 Å². The zero-order valence-electron chi connectivity index (χ0n) is 21.7. The maximum atomic E-state index is 14.1. The third-order valence-electron chi connectivity index (χ3n) is 7.84. The Morgan fingerprint density at radius 1 is 1.14 bits per heavy atom. The molecule has 0 saturated carbocycles. The highest BCUT2D eigenvalue weighted by atomic mass is 32.2. The number of unbranched alkanes of at least 4 members (excludes halogenated alkanes) is 2. The predicted octanol–water partition coefficient (Wildman–Crippen LogP) is 3.09. The van der Waals surface area contributed by atoms with E-state index in [0.717, 1.165) is 38.5 Å². The zero-order chi connectivity index (χ0) is 25.8. The van der Waals surface area contributed by atoms with Gasteiger partial charge in [-0.15, -0.1) is 24.9 Å². The number of aliphatic hydroxyl groups is 1. The second-order valence-electron chi connectivity index (χ2n) is 10.2. The van der Waals surface area contributed by atoms with Crippen molar-refractivity contribution in [1.29, 1.82) is 0 Å². The number of carbonyl (C=O) groups excluding carboxylic acids is 3. The number of amides is 3. The normalized spacial score (nSPS) is 29.7. The van der Waals surface area contributed by atoms with Crippen LogP contribution < -0.4 is 0 Å². The smallest absolute Gasteiger partial charge is 0.247 e. The van der Waals surface area contributed by atoms with Crippen molar-refractivity contribution in [1.82, 2.24) is 14.7 Å². The summed E-state index contributed by atoms with van der Waals surface area (Å²) >= 11 is 1.68. The molecule has 3 aliphatic heterocycles. The number of carbonyl (C=O) groups is 3. The van der Waals surface area contributed by atoms with Crippen LogP contribution in [-0.4, -0.2) is 92.4 Å². The highest BCUT2D eigenvalue weighted by Gasteiger charge is 2.74. The number of rotatable bonds is 14. The Balaban J connectivity index is 2.00. The zero-order valence-corrected chi connectivity index (χ0v) is 22.5. The highest BCUT2D eigenvalue weighted by Crippen LogP contribution is 2.67. The Bertz CT molecular complexity index is 820. The van der Waals surface area contributed by atoms with E-state index in [0.29, 0.717) is 26.2 Å². The van der Waals surface area contributed by atoms with Crippen LogP contribution in [0.15, 0.2) is 25.3 Å². The second-order valence-corrected chi connectivity index (χ2v) is 11.8. The van der Waals surface area contributed by atoms with Crippen LogP contribution in [0, 0.1) is 11.8 Å². The molecule has 1 N–H and O–H groups in total. The summed E-state index contributed by atoms with van der Waals surface area (Å²) in [6.07, 6.45) is 8.83. The van der Waals surface area contributed by atoms with E-state index in [2.05, 4.69) is 20.1 Å². The molecule has 3 rings (SSSR count). The molecule has 0 aromatic rings. The molecule has 2 bridgehead atoms. The minimum Gasteiger partial charge on any atom is -0.394 e. The molecular formula is C27H43N3O4S. The van der Waals surface area contributed by atoms with Gasteiger partial charge in [-0.2, -0.15) is 0 Å². The van der Waals surface area contributed by atoms with Gasteiger partial charge in [0.05, 0.1) is 29.2 Å². The van der Waals surface area contributed by atoms with Crippen LogP contribution in [0.3, 0.4) is 0 Å². The van der Waals surface area contributed by atoms with Crippen LogP contribution >= 0.6 is 11.8 Å². The molecule has 1 spiro atoms. The van der Waals surface area contributed by atoms with E-state index in [9.17, 15) is 19.5 Å². The Morgan fingerprint density at radius 2 is 1.80 bits per heavy atom. The molecule has 3 amide bonds. The summed E-state index contributed by atoms with van der Waals surface area (Å²) in [6.45, 7) is 15.5. The summed E-state index contributed by atoms with van der Waals surface area (Å²) in [6, 6.07) is -1.16. The Labute approximate surface area is 215 Å². The summed E-state index contributed by atoms with van der Waals surface area (Å²) < 4.78 is -0.626. The highest BCUT2D eigenvalue weighted by molar-refractivity contribution is 8.02. The molecule has 0 aromatic heterocycles. The van der Waals surface area contributed by atoms with E-state index in [-0.39, 0.29) is 29.6 Å². The number of aliphatic hydroxyl groups excluding tert-OH is 1. The molecule has 196 valence electrons. The lowest BCUT2D eigenvalue weighted by molar-refractivity contribution is -0.146. The van der Waals surface area contributed by atoms with E-state index in [1.165, 1.54) is 0 Å². The molecule has 0 aliphatic carbocycles. The second kappa shape index (κ2) is 12.0. The summed E-state index contributed by atoms with van der Waals surface area (Å²) in [7, 11) is 0. The first-order valence-electron chi connectivity index (χ1n) is 13.2. The van der Waals surface area contributed by atoms with E-state index in [4.69, 9.17) is 0 Å². The first-order chi connectivity index (χ1) is 16.8. The summed E-state index contributed by atoms with van der Waals surface area (Å²) in [4.78, 5) is 47.1. The fraction of sp³-hybridized carbons (Fsp3) is 0.741. The van der Waals surface area contributed by atoms with Gasteiger partial charge in [-0.25, -0.2) is 0 Å². The number of hydrogen-bond donors (Lipinski definition) is 1. The van der Waals surface area contributed by atoms with Crippen molar-refractivity contribution >= 4 is 29.5 Å². The Hall–Kier alpha value is -1.80. The first-order valence-corrected chi connectivity index (χ1v) is 14.1. The average Bonchev–Trinajstić information content (AvgIpc) is 3.49. The van der Waals surface area contributed by atoms with Crippen molar-refractivity contribution in [2.24, 2.45) is 11.8 Å². The fourth-order valence-electron chi connectivity index (χ4n) is 6.32. The van der Waals surface area contributed by atoms with Crippen LogP contribution in [0.5, 0.6) is 0 Å². The average molecular weight is 506 g/mol. The van der Waals surface area contributed by atoms with Gasteiger partial charge < -0.3 is 19.8 Å². The third kappa shape index (κ3) is 4.93. The van der Waals surface area contributed by atoms with Gasteiger partial charge in [0.25, 0.3) is 0 Å². The molecule has 6 atom stereocenters. The maximum Gasteiger partial charge on any atom is 0.247 e. The van der Waals surface area contributed by atoms with Crippen molar-refractivity contribution in [3.8, 4) is 0 Å². The fourth-order valence-corrected chi connectivity index (χ4v) is 8.51. The Morgan fingerprint density at radius 3 is 2.37 bits per heavy atom. The van der Waals surface area contributed by atoms with Gasteiger partial charge in [-0.05, 0) is 32.6 Å². The van der Waals surface area contributed by atoms with Crippen molar-refractivity contribution in [2.75, 3.05) is 32.8 Å².